The maximum Gasteiger partial charge on any atom is 0.170 e. The Kier molecular flexibility index (Phi) is 5.41. The zero-order valence-electron chi connectivity index (χ0n) is 18.0. The Morgan fingerprint density at radius 1 is 0.969 bits per heavy atom. The smallest absolute Gasteiger partial charge is 0.170 e. The van der Waals surface area contributed by atoms with E-state index in [0.29, 0.717) is 11.7 Å². The second-order valence-corrected chi connectivity index (χ2v) is 8.34. The van der Waals surface area contributed by atoms with E-state index in [9.17, 15) is 0 Å². The minimum atomic E-state index is -0.0599. The van der Waals surface area contributed by atoms with Gasteiger partial charge in [0.15, 0.2) is 5.11 Å². The molecule has 0 unspecified atom stereocenters. The molecule has 7 heteroatoms. The van der Waals surface area contributed by atoms with Crippen LogP contribution in [0.5, 0.6) is 0 Å². The normalized spacial score (nSPS) is 18.1. The molecule has 1 saturated heterocycles. The van der Waals surface area contributed by atoms with Crippen LogP contribution in [0.4, 0.5) is 0 Å². The number of hydrogen-bond acceptors (Lipinski definition) is 4. The predicted octanol–water partition coefficient (Wildman–Crippen LogP) is 4.45. The number of nitrogens with zero attached hydrogens (tertiary/aromatic N) is 5. The second kappa shape index (κ2) is 8.51. The van der Waals surface area contributed by atoms with Gasteiger partial charge in [0.25, 0.3) is 0 Å². The van der Waals surface area contributed by atoms with E-state index in [1.54, 1.807) is 6.20 Å². The molecule has 0 amide bonds. The number of pyridine rings is 3. The Hall–Kier alpha value is -3.58. The molecule has 5 heterocycles. The number of hydrogen-bond donors (Lipinski definition) is 1. The zero-order chi connectivity index (χ0) is 22.1. The van der Waals surface area contributed by atoms with Crippen LogP contribution in [-0.4, -0.2) is 29.5 Å². The molecule has 0 aromatic carbocycles. The first-order chi connectivity index (χ1) is 15.6. The molecule has 6 nitrogen and oxygen atoms in total. The minimum absolute atomic E-state index is 0.0176. The SMILES string of the molecule is Cc1cc([C@H]2[C@@H](c3ccccn3)NC(=S)N2Cc2ccccn2)c(C)n1-c1cccnc1. The van der Waals surface area contributed by atoms with Crippen LogP contribution in [-0.2, 0) is 6.54 Å². The number of nitrogens with one attached hydrogen (secondary N) is 1. The molecule has 1 aliphatic rings. The molecular weight excluding hydrogens is 416 g/mol. The van der Waals surface area contributed by atoms with Crippen molar-refractivity contribution in [2.75, 3.05) is 0 Å². The summed E-state index contributed by atoms with van der Waals surface area (Å²) in [5.41, 5.74) is 6.52. The van der Waals surface area contributed by atoms with Crippen LogP contribution in [0.2, 0.25) is 0 Å². The fourth-order valence-corrected chi connectivity index (χ4v) is 4.86. The number of aryl methyl sites for hydroxylation is 1. The van der Waals surface area contributed by atoms with Crippen molar-refractivity contribution < 1.29 is 0 Å². The van der Waals surface area contributed by atoms with Gasteiger partial charge in [-0.3, -0.25) is 15.0 Å². The Balaban J connectivity index is 1.62. The standard InChI is InChI=1S/C25H24N6S/c1-17-14-21(18(2)31(17)20-9-7-11-26-15-20)24-23(22-10-4-6-13-28-22)29-25(32)30(24)16-19-8-3-5-12-27-19/h3-15,23-24H,16H2,1-2H3,(H,29,32)/t23-,24+/m1/s1. The molecule has 0 aliphatic carbocycles. The zero-order valence-corrected chi connectivity index (χ0v) is 18.8. The fraction of sp³-hybridized carbons (Fsp3) is 0.200. The Bertz CT molecular complexity index is 1220. The number of aromatic nitrogens is 4. The Morgan fingerprint density at radius 3 is 2.47 bits per heavy atom. The van der Waals surface area contributed by atoms with Gasteiger partial charge in [0, 0.05) is 30.0 Å². The quantitative estimate of drug-likeness (QED) is 0.463. The van der Waals surface area contributed by atoms with Gasteiger partial charge >= 0.3 is 0 Å². The van der Waals surface area contributed by atoms with Crippen molar-refractivity contribution in [1.82, 2.24) is 29.7 Å². The minimum Gasteiger partial charge on any atom is -0.352 e. The van der Waals surface area contributed by atoms with Gasteiger partial charge in [0.1, 0.15) is 0 Å². The molecule has 1 N–H and O–H groups in total. The molecule has 5 rings (SSSR count). The first kappa shape index (κ1) is 20.3. The molecule has 4 aromatic rings. The van der Waals surface area contributed by atoms with E-state index >= 15 is 0 Å². The third kappa shape index (κ3) is 3.65. The van der Waals surface area contributed by atoms with Crippen molar-refractivity contribution >= 4 is 17.3 Å². The summed E-state index contributed by atoms with van der Waals surface area (Å²) in [6.07, 6.45) is 7.34. The van der Waals surface area contributed by atoms with Crippen LogP contribution in [0, 0.1) is 13.8 Å². The van der Waals surface area contributed by atoms with E-state index in [1.165, 1.54) is 11.3 Å². The van der Waals surface area contributed by atoms with Gasteiger partial charge in [0.2, 0.25) is 0 Å². The maximum absolute atomic E-state index is 5.81. The van der Waals surface area contributed by atoms with Crippen molar-refractivity contribution in [2.24, 2.45) is 0 Å². The molecule has 1 aliphatic heterocycles. The van der Waals surface area contributed by atoms with Crippen LogP contribution in [0.1, 0.15) is 40.4 Å². The lowest BCUT2D eigenvalue weighted by Crippen LogP contribution is -2.29. The van der Waals surface area contributed by atoms with E-state index in [2.05, 4.69) is 61.8 Å². The Morgan fingerprint density at radius 2 is 1.78 bits per heavy atom. The second-order valence-electron chi connectivity index (χ2n) is 7.95. The average Bonchev–Trinajstić information content (AvgIpc) is 3.30. The lowest BCUT2D eigenvalue weighted by atomic mass is 9.96. The molecule has 2 atom stereocenters. The summed E-state index contributed by atoms with van der Waals surface area (Å²) < 4.78 is 2.25. The highest BCUT2D eigenvalue weighted by Gasteiger charge is 2.41. The van der Waals surface area contributed by atoms with Crippen molar-refractivity contribution in [3.8, 4) is 5.69 Å². The Labute approximate surface area is 193 Å². The van der Waals surface area contributed by atoms with E-state index in [0.717, 1.165) is 22.8 Å². The van der Waals surface area contributed by atoms with Crippen LogP contribution in [0.3, 0.4) is 0 Å². The topological polar surface area (TPSA) is 58.9 Å². The van der Waals surface area contributed by atoms with E-state index < -0.39 is 0 Å². The van der Waals surface area contributed by atoms with Gasteiger partial charge in [-0.1, -0.05) is 12.1 Å². The number of thiocarbonyl (C=S) groups is 1. The highest BCUT2D eigenvalue weighted by atomic mass is 32.1. The molecule has 1 fully saturated rings. The van der Waals surface area contributed by atoms with Crippen LogP contribution < -0.4 is 5.32 Å². The van der Waals surface area contributed by atoms with Gasteiger partial charge in [-0.15, -0.1) is 0 Å². The van der Waals surface area contributed by atoms with Crippen LogP contribution in [0.15, 0.2) is 79.4 Å². The summed E-state index contributed by atoms with van der Waals surface area (Å²) >= 11 is 5.81. The third-order valence-corrected chi connectivity index (χ3v) is 6.30. The summed E-state index contributed by atoms with van der Waals surface area (Å²) in [7, 11) is 0. The molecule has 4 aromatic heterocycles. The van der Waals surface area contributed by atoms with Gasteiger partial charge < -0.3 is 14.8 Å². The van der Waals surface area contributed by atoms with Crippen molar-refractivity contribution in [3.63, 3.8) is 0 Å². The van der Waals surface area contributed by atoms with Gasteiger partial charge in [-0.05, 0) is 74.1 Å². The monoisotopic (exact) mass is 440 g/mol. The molecule has 0 saturated carbocycles. The lowest BCUT2D eigenvalue weighted by molar-refractivity contribution is 0.307. The highest BCUT2D eigenvalue weighted by molar-refractivity contribution is 7.80. The lowest BCUT2D eigenvalue weighted by Gasteiger charge is -2.28. The highest BCUT2D eigenvalue weighted by Crippen LogP contribution is 2.41. The molecule has 0 bridgehead atoms. The first-order valence-electron chi connectivity index (χ1n) is 10.6. The molecule has 32 heavy (non-hydrogen) atoms. The molecule has 0 radical (unpaired) electrons. The predicted molar refractivity (Wildman–Crippen MR) is 128 cm³/mol. The summed E-state index contributed by atoms with van der Waals surface area (Å²) in [6, 6.07) is 18.2. The van der Waals surface area contributed by atoms with Crippen molar-refractivity contribution in [1.29, 1.82) is 0 Å². The third-order valence-electron chi connectivity index (χ3n) is 5.95. The van der Waals surface area contributed by atoms with Crippen molar-refractivity contribution in [2.45, 2.75) is 32.5 Å². The van der Waals surface area contributed by atoms with Gasteiger partial charge in [-0.25, -0.2) is 0 Å². The summed E-state index contributed by atoms with van der Waals surface area (Å²) in [5.74, 6) is 0. The fourth-order valence-electron chi connectivity index (χ4n) is 4.55. The largest absolute Gasteiger partial charge is 0.352 e. The van der Waals surface area contributed by atoms with Gasteiger partial charge in [-0.2, -0.15) is 0 Å². The summed E-state index contributed by atoms with van der Waals surface area (Å²) in [4.78, 5) is 15.7. The maximum atomic E-state index is 5.81. The van der Waals surface area contributed by atoms with Crippen LogP contribution >= 0.6 is 12.2 Å². The van der Waals surface area contributed by atoms with Crippen molar-refractivity contribution in [3.05, 3.63) is 108 Å². The number of rotatable bonds is 5. The summed E-state index contributed by atoms with van der Waals surface area (Å²) in [5, 5.41) is 4.24. The first-order valence-corrected chi connectivity index (χ1v) is 11.0. The van der Waals surface area contributed by atoms with E-state index in [-0.39, 0.29) is 12.1 Å². The average molecular weight is 441 g/mol. The molecular formula is C25H24N6S. The van der Waals surface area contributed by atoms with E-state index in [4.69, 9.17) is 12.2 Å². The van der Waals surface area contributed by atoms with E-state index in [1.807, 2.05) is 55.0 Å². The molecule has 0 spiro atoms. The van der Waals surface area contributed by atoms with Gasteiger partial charge in [0.05, 0.1) is 41.9 Å². The van der Waals surface area contributed by atoms with Crippen LogP contribution in [0.25, 0.3) is 5.69 Å². The molecule has 160 valence electrons. The summed E-state index contributed by atoms with van der Waals surface area (Å²) in [6.45, 7) is 4.91.